The molecular weight excluding hydrogens is 444 g/mol. The number of benzene rings is 1. The van der Waals surface area contributed by atoms with E-state index in [1.807, 2.05) is 25.3 Å². The molecule has 2 heterocycles. The van der Waals surface area contributed by atoms with Crippen LogP contribution in [0.3, 0.4) is 0 Å². The van der Waals surface area contributed by atoms with Gasteiger partial charge in [0.1, 0.15) is 6.10 Å². The normalized spacial score (nSPS) is 25.7. The van der Waals surface area contributed by atoms with E-state index in [4.69, 9.17) is 10.5 Å². The molecule has 1 aromatic carbocycles. The predicted octanol–water partition coefficient (Wildman–Crippen LogP) is 3.14. The summed E-state index contributed by atoms with van der Waals surface area (Å²) in [6.45, 7) is 7.21. The molecule has 0 radical (unpaired) electrons. The second kappa shape index (κ2) is 8.82. The largest absolute Gasteiger partial charge is 0.461 e. The Labute approximate surface area is 205 Å². The number of anilines is 1. The van der Waals surface area contributed by atoms with E-state index in [1.165, 1.54) is 0 Å². The smallest absolute Gasteiger partial charge is 0.320 e. The molecule has 1 aliphatic heterocycles. The van der Waals surface area contributed by atoms with Crippen LogP contribution in [-0.2, 0) is 16.0 Å². The molecule has 2 fully saturated rings. The lowest BCUT2D eigenvalue weighted by Crippen LogP contribution is -2.40. The topological polar surface area (TPSA) is 115 Å². The van der Waals surface area contributed by atoms with Crippen LogP contribution >= 0.6 is 0 Å². The van der Waals surface area contributed by atoms with E-state index in [9.17, 15) is 14.4 Å². The zero-order chi connectivity index (χ0) is 24.9. The molecule has 1 unspecified atom stereocenters. The number of primary amides is 1. The molecule has 1 saturated carbocycles. The molecule has 3 aliphatic rings. The Morgan fingerprint density at radius 1 is 1.23 bits per heavy atom. The van der Waals surface area contributed by atoms with E-state index in [2.05, 4.69) is 29.0 Å². The number of nitrogens with two attached hydrogens (primary N) is 1. The number of hydrogen-bond acceptors (Lipinski definition) is 6. The molecule has 1 aromatic heterocycles. The van der Waals surface area contributed by atoms with Crippen LogP contribution in [0.2, 0.25) is 0 Å². The Morgan fingerprint density at radius 3 is 2.80 bits per heavy atom. The van der Waals surface area contributed by atoms with Gasteiger partial charge in [-0.25, -0.2) is 0 Å². The second-order valence-electron chi connectivity index (χ2n) is 11.1. The lowest BCUT2D eigenvalue weighted by Gasteiger charge is -2.35. The molecule has 3 atom stereocenters. The highest BCUT2D eigenvalue weighted by atomic mass is 16.5. The summed E-state index contributed by atoms with van der Waals surface area (Å²) in [6.07, 6.45) is 5.75. The monoisotopic (exact) mass is 478 g/mol. The molecular formula is C27H34N4O4. The summed E-state index contributed by atoms with van der Waals surface area (Å²) in [6, 6.07) is 5.74. The lowest BCUT2D eigenvalue weighted by atomic mass is 9.75. The summed E-state index contributed by atoms with van der Waals surface area (Å²) >= 11 is 0. The van der Waals surface area contributed by atoms with Crippen molar-refractivity contribution in [2.45, 2.75) is 65.0 Å². The number of Topliss-reactive ketones (excluding diaryl/α,β-unsaturated/α-hetero) is 1. The molecule has 1 saturated heterocycles. The van der Waals surface area contributed by atoms with Crippen molar-refractivity contribution in [1.82, 2.24) is 9.88 Å². The first-order valence-corrected chi connectivity index (χ1v) is 12.5. The number of ketones is 1. The summed E-state index contributed by atoms with van der Waals surface area (Å²) in [5.74, 6) is -0.270. The third kappa shape index (κ3) is 4.59. The number of fused-ring (bicyclic) bond motifs is 2. The predicted molar refractivity (Wildman–Crippen MR) is 133 cm³/mol. The standard InChI is InChI=1S/C27H34N4O4/c1-15-14-31(21-10-27(2,3)11-22(32)25(15)21)18-5-6-19(26(28)34)20(9-18)30-17-4-7-23-16(8-17)12-29-13-24(33)35-23/h5-6,9,14,16-17,23,29-30H,4,7-8,10-13H2,1-3H3,(H2,28,34)/t16?,17-,23-/m0/s1. The van der Waals surface area contributed by atoms with Gasteiger partial charge in [0.05, 0.1) is 12.1 Å². The van der Waals surface area contributed by atoms with E-state index in [-0.39, 0.29) is 41.8 Å². The zero-order valence-corrected chi connectivity index (χ0v) is 20.6. The summed E-state index contributed by atoms with van der Waals surface area (Å²) in [5.41, 5.74) is 10.5. The zero-order valence-electron chi connectivity index (χ0n) is 20.6. The van der Waals surface area contributed by atoms with Crippen molar-refractivity contribution in [2.75, 3.05) is 18.4 Å². The highest BCUT2D eigenvalue weighted by Gasteiger charge is 2.36. The van der Waals surface area contributed by atoms with Gasteiger partial charge >= 0.3 is 5.97 Å². The summed E-state index contributed by atoms with van der Waals surface area (Å²) in [7, 11) is 0. The van der Waals surface area contributed by atoms with Crippen molar-refractivity contribution in [3.8, 4) is 5.69 Å². The van der Waals surface area contributed by atoms with Gasteiger partial charge in [-0.2, -0.15) is 0 Å². The van der Waals surface area contributed by atoms with E-state index in [0.717, 1.165) is 54.7 Å². The maximum atomic E-state index is 12.9. The van der Waals surface area contributed by atoms with Gasteiger partial charge in [-0.1, -0.05) is 13.8 Å². The number of hydrogen-bond donors (Lipinski definition) is 3. The number of ether oxygens (including phenoxy) is 1. The Bertz CT molecular complexity index is 1200. The van der Waals surface area contributed by atoms with Crippen molar-refractivity contribution < 1.29 is 19.1 Å². The summed E-state index contributed by atoms with van der Waals surface area (Å²) in [5, 5.41) is 6.74. The number of carbonyl (C=O) groups is 3. The molecule has 5 rings (SSSR count). The minimum atomic E-state index is -0.486. The van der Waals surface area contributed by atoms with E-state index < -0.39 is 5.91 Å². The Kier molecular flexibility index (Phi) is 5.95. The maximum absolute atomic E-state index is 12.9. The Morgan fingerprint density at radius 2 is 2.03 bits per heavy atom. The van der Waals surface area contributed by atoms with Crippen LogP contribution in [0.4, 0.5) is 5.69 Å². The number of carbonyl (C=O) groups excluding carboxylic acids is 3. The number of esters is 1. The van der Waals surface area contributed by atoms with Gasteiger partial charge in [-0.15, -0.1) is 0 Å². The molecule has 186 valence electrons. The first-order chi connectivity index (χ1) is 16.6. The number of aryl methyl sites for hydroxylation is 1. The fraction of sp³-hybridized carbons (Fsp3) is 0.519. The van der Waals surface area contributed by atoms with Crippen molar-refractivity contribution in [3.05, 3.63) is 46.8 Å². The van der Waals surface area contributed by atoms with Gasteiger partial charge in [-0.05, 0) is 61.8 Å². The minimum absolute atomic E-state index is 0.0623. The SMILES string of the molecule is Cc1cn(-c2ccc(C(N)=O)c(N[C@H]3CC[C@@H]4OC(=O)CNCC4C3)c2)c2c1C(=O)CC(C)(C)C2. The van der Waals surface area contributed by atoms with E-state index in [1.54, 1.807) is 6.07 Å². The first-order valence-electron chi connectivity index (χ1n) is 12.5. The highest BCUT2D eigenvalue weighted by Crippen LogP contribution is 2.39. The van der Waals surface area contributed by atoms with Gasteiger partial charge in [0.25, 0.3) is 5.91 Å². The molecule has 8 nitrogen and oxygen atoms in total. The van der Waals surface area contributed by atoms with Crippen LogP contribution in [0, 0.1) is 18.3 Å². The van der Waals surface area contributed by atoms with E-state index in [0.29, 0.717) is 17.7 Å². The number of nitrogens with zero attached hydrogens (tertiary/aromatic N) is 1. The quantitative estimate of drug-likeness (QED) is 0.582. The third-order valence-corrected chi connectivity index (χ3v) is 7.64. The average molecular weight is 479 g/mol. The summed E-state index contributed by atoms with van der Waals surface area (Å²) < 4.78 is 7.69. The molecule has 2 aromatic rings. The van der Waals surface area contributed by atoms with Crippen molar-refractivity contribution in [3.63, 3.8) is 0 Å². The van der Waals surface area contributed by atoms with Crippen LogP contribution in [-0.4, -0.2) is 47.5 Å². The number of aromatic nitrogens is 1. The van der Waals surface area contributed by atoms with Crippen molar-refractivity contribution in [2.24, 2.45) is 17.1 Å². The van der Waals surface area contributed by atoms with Gasteiger partial charge in [0.15, 0.2) is 5.78 Å². The van der Waals surface area contributed by atoms with Crippen LogP contribution in [0.25, 0.3) is 5.69 Å². The van der Waals surface area contributed by atoms with Crippen LogP contribution in [0.5, 0.6) is 0 Å². The minimum Gasteiger partial charge on any atom is -0.461 e. The number of rotatable bonds is 4. The molecule has 2 aliphatic carbocycles. The van der Waals surface area contributed by atoms with Gasteiger partial charge < -0.3 is 25.7 Å². The fourth-order valence-corrected chi connectivity index (χ4v) is 6.05. The maximum Gasteiger partial charge on any atom is 0.320 e. The van der Waals surface area contributed by atoms with Crippen LogP contribution in [0.1, 0.15) is 71.5 Å². The highest BCUT2D eigenvalue weighted by molar-refractivity contribution is 6.01. The Balaban J connectivity index is 1.45. The summed E-state index contributed by atoms with van der Waals surface area (Å²) in [4.78, 5) is 36.9. The molecule has 0 spiro atoms. The molecule has 1 amide bonds. The molecule has 8 heteroatoms. The third-order valence-electron chi connectivity index (χ3n) is 7.64. The molecule has 4 N–H and O–H groups in total. The van der Waals surface area contributed by atoms with E-state index >= 15 is 0 Å². The second-order valence-corrected chi connectivity index (χ2v) is 11.1. The van der Waals surface area contributed by atoms with Gasteiger partial charge in [-0.3, -0.25) is 14.4 Å². The lowest BCUT2D eigenvalue weighted by molar-refractivity contribution is -0.149. The van der Waals surface area contributed by atoms with Crippen molar-refractivity contribution >= 4 is 23.3 Å². The Hall–Kier alpha value is -3.13. The number of nitrogens with one attached hydrogen (secondary N) is 2. The van der Waals surface area contributed by atoms with Crippen molar-refractivity contribution in [1.29, 1.82) is 0 Å². The average Bonchev–Trinajstić information content (AvgIpc) is 2.98. The molecule has 0 bridgehead atoms. The first kappa shape index (κ1) is 23.6. The fourth-order valence-electron chi connectivity index (χ4n) is 6.05. The van der Waals surface area contributed by atoms with Crippen LogP contribution < -0.4 is 16.4 Å². The van der Waals surface area contributed by atoms with Gasteiger partial charge in [0, 0.05) is 53.8 Å². The van der Waals surface area contributed by atoms with Crippen LogP contribution in [0.15, 0.2) is 24.4 Å². The van der Waals surface area contributed by atoms with Gasteiger partial charge in [0.2, 0.25) is 0 Å². The molecule has 35 heavy (non-hydrogen) atoms. The number of amides is 1.